The lowest BCUT2D eigenvalue weighted by Crippen LogP contribution is -2.15. The number of aldehydes is 1. The number of nitrogens with zero attached hydrogens (tertiary/aromatic N) is 3. The van der Waals surface area contributed by atoms with Crippen molar-refractivity contribution in [3.05, 3.63) is 22.1 Å². The molecule has 0 amide bonds. The van der Waals surface area contributed by atoms with Crippen molar-refractivity contribution in [2.45, 2.75) is 79.6 Å². The SMILES string of the molecule is CC.CC.CC(C)(O)O.Cc1c(Cl)nc2c(ncn2C2CCC(C=O)C2)c1Cl. The molecule has 0 bridgehead atoms. The Morgan fingerprint density at radius 3 is 2.18 bits per heavy atom. The fraction of sp³-hybridized carbons (Fsp3) is 0.650. The molecule has 0 aromatic carbocycles. The highest BCUT2D eigenvalue weighted by Gasteiger charge is 2.27. The van der Waals surface area contributed by atoms with Crippen LogP contribution in [0.1, 0.15) is 72.4 Å². The van der Waals surface area contributed by atoms with E-state index in [1.807, 2.05) is 39.2 Å². The number of fused-ring (bicyclic) bond motifs is 1. The van der Waals surface area contributed by atoms with Gasteiger partial charge in [-0.3, -0.25) is 0 Å². The van der Waals surface area contributed by atoms with E-state index >= 15 is 0 Å². The first-order chi connectivity index (χ1) is 13.1. The number of hydrogen-bond donors (Lipinski definition) is 2. The van der Waals surface area contributed by atoms with Crippen LogP contribution < -0.4 is 0 Å². The maximum atomic E-state index is 10.9. The highest BCUT2D eigenvalue weighted by atomic mass is 35.5. The highest BCUT2D eigenvalue weighted by molar-refractivity contribution is 6.38. The van der Waals surface area contributed by atoms with Crippen LogP contribution in [-0.4, -0.2) is 36.8 Å². The predicted molar refractivity (Wildman–Crippen MR) is 116 cm³/mol. The van der Waals surface area contributed by atoms with Crippen molar-refractivity contribution in [3.8, 4) is 0 Å². The molecule has 160 valence electrons. The fourth-order valence-electron chi connectivity index (χ4n) is 2.70. The second kappa shape index (κ2) is 12.4. The summed E-state index contributed by atoms with van der Waals surface area (Å²) in [6.45, 7) is 12.4. The Morgan fingerprint density at radius 1 is 1.18 bits per heavy atom. The number of hydrogen-bond acceptors (Lipinski definition) is 5. The van der Waals surface area contributed by atoms with Crippen LogP contribution in [-0.2, 0) is 4.79 Å². The van der Waals surface area contributed by atoms with Gasteiger partial charge in [0, 0.05) is 17.5 Å². The van der Waals surface area contributed by atoms with E-state index in [4.69, 9.17) is 33.4 Å². The average molecular weight is 434 g/mol. The molecule has 2 atom stereocenters. The third-order valence-corrected chi connectivity index (χ3v) is 4.68. The van der Waals surface area contributed by atoms with E-state index in [0.717, 1.165) is 31.1 Å². The third-order valence-electron chi connectivity index (χ3n) is 3.85. The molecule has 1 saturated carbocycles. The lowest BCUT2D eigenvalue weighted by atomic mass is 10.1. The van der Waals surface area contributed by atoms with Crippen LogP contribution in [0.15, 0.2) is 6.33 Å². The molecule has 0 saturated heterocycles. The molecule has 8 heteroatoms. The second-order valence-electron chi connectivity index (χ2n) is 6.52. The standard InChI is InChI=1S/C13H13Cl2N3O.C3H8O2.2C2H6/c1-7-10(14)11-13(17-12(7)15)18(6-16-11)9-3-2-8(4-9)5-19;1-3(2,4)5;2*1-2/h5-6,8-9H,2-4H2,1H3;4-5H,1-2H3;2*1-2H3. The molecule has 6 nitrogen and oxygen atoms in total. The van der Waals surface area contributed by atoms with Crippen molar-refractivity contribution in [3.63, 3.8) is 0 Å². The van der Waals surface area contributed by atoms with E-state index in [9.17, 15) is 4.79 Å². The zero-order valence-corrected chi connectivity index (χ0v) is 19.3. The van der Waals surface area contributed by atoms with Gasteiger partial charge in [0.1, 0.15) is 17.0 Å². The van der Waals surface area contributed by atoms with Crippen molar-refractivity contribution in [1.82, 2.24) is 14.5 Å². The molecular formula is C20H33Cl2N3O3. The zero-order chi connectivity index (χ0) is 22.1. The average Bonchev–Trinajstić information content (AvgIpc) is 3.28. The molecule has 1 fully saturated rings. The normalized spacial score (nSPS) is 18.2. The topological polar surface area (TPSA) is 88.2 Å². The summed E-state index contributed by atoms with van der Waals surface area (Å²) in [5, 5.41) is 17.1. The summed E-state index contributed by atoms with van der Waals surface area (Å²) in [4.78, 5) is 19.6. The molecule has 2 unspecified atom stereocenters. The number of carbonyl (C=O) groups is 1. The molecule has 3 rings (SSSR count). The molecule has 0 aliphatic heterocycles. The van der Waals surface area contributed by atoms with Gasteiger partial charge in [0.25, 0.3) is 0 Å². The van der Waals surface area contributed by atoms with Gasteiger partial charge in [0.05, 0.1) is 11.3 Å². The Labute approximate surface area is 177 Å². The van der Waals surface area contributed by atoms with Crippen molar-refractivity contribution in [2.75, 3.05) is 0 Å². The minimum atomic E-state index is -1.50. The van der Waals surface area contributed by atoms with Gasteiger partial charge in [-0.25, -0.2) is 9.97 Å². The van der Waals surface area contributed by atoms with E-state index in [0.29, 0.717) is 21.3 Å². The quantitative estimate of drug-likeness (QED) is 0.378. The molecule has 2 aromatic heterocycles. The van der Waals surface area contributed by atoms with Crippen molar-refractivity contribution in [1.29, 1.82) is 0 Å². The van der Waals surface area contributed by atoms with Gasteiger partial charge < -0.3 is 19.6 Å². The second-order valence-corrected chi connectivity index (χ2v) is 7.26. The Hall–Kier alpha value is -1.21. The number of halogens is 2. The third kappa shape index (κ3) is 7.66. The predicted octanol–water partition coefficient (Wildman–Crippen LogP) is 5.35. The van der Waals surface area contributed by atoms with Crippen LogP contribution in [0, 0.1) is 12.8 Å². The van der Waals surface area contributed by atoms with Gasteiger partial charge in [0.15, 0.2) is 11.4 Å². The maximum Gasteiger partial charge on any atom is 0.163 e. The minimum absolute atomic E-state index is 0.138. The first-order valence-corrected chi connectivity index (χ1v) is 10.5. The summed E-state index contributed by atoms with van der Waals surface area (Å²) in [6, 6.07) is 0.252. The molecule has 1 aliphatic rings. The molecule has 1 aliphatic carbocycles. The lowest BCUT2D eigenvalue weighted by Gasteiger charge is -2.12. The van der Waals surface area contributed by atoms with Gasteiger partial charge in [-0.2, -0.15) is 0 Å². The molecule has 2 aromatic rings. The Kier molecular flexibility index (Phi) is 11.8. The van der Waals surface area contributed by atoms with Crippen LogP contribution in [0.3, 0.4) is 0 Å². The molecular weight excluding hydrogens is 401 g/mol. The van der Waals surface area contributed by atoms with Gasteiger partial charge in [-0.15, -0.1) is 0 Å². The van der Waals surface area contributed by atoms with Gasteiger partial charge in [0.2, 0.25) is 0 Å². The van der Waals surface area contributed by atoms with Crippen LogP contribution in [0.4, 0.5) is 0 Å². The molecule has 2 N–H and O–H groups in total. The summed E-state index contributed by atoms with van der Waals surface area (Å²) in [6.07, 6.45) is 5.49. The first-order valence-electron chi connectivity index (χ1n) is 9.70. The molecule has 2 heterocycles. The summed E-state index contributed by atoms with van der Waals surface area (Å²) in [7, 11) is 0. The lowest BCUT2D eigenvalue weighted by molar-refractivity contribution is -0.127. The number of aliphatic hydroxyl groups is 2. The van der Waals surface area contributed by atoms with Crippen molar-refractivity contribution >= 4 is 40.7 Å². The van der Waals surface area contributed by atoms with Crippen molar-refractivity contribution in [2.24, 2.45) is 5.92 Å². The zero-order valence-electron chi connectivity index (χ0n) is 17.8. The van der Waals surface area contributed by atoms with E-state index in [1.54, 1.807) is 6.33 Å². The van der Waals surface area contributed by atoms with Gasteiger partial charge in [-0.05, 0) is 40.0 Å². The summed E-state index contributed by atoms with van der Waals surface area (Å²) >= 11 is 12.3. The smallest absolute Gasteiger partial charge is 0.163 e. The maximum absolute atomic E-state index is 10.9. The fourth-order valence-corrected chi connectivity index (χ4v) is 3.15. The Balaban J connectivity index is 0.000000698. The molecule has 0 spiro atoms. The first kappa shape index (κ1) is 26.8. The van der Waals surface area contributed by atoms with E-state index in [1.165, 1.54) is 13.8 Å². The number of rotatable bonds is 2. The Bertz CT molecular complexity index is 736. The van der Waals surface area contributed by atoms with Gasteiger partial charge in [-0.1, -0.05) is 50.9 Å². The Morgan fingerprint density at radius 2 is 1.71 bits per heavy atom. The molecule has 0 radical (unpaired) electrons. The summed E-state index contributed by atoms with van der Waals surface area (Å²) in [5.74, 6) is -1.36. The number of pyridine rings is 1. The van der Waals surface area contributed by atoms with E-state index in [-0.39, 0.29) is 12.0 Å². The molecule has 28 heavy (non-hydrogen) atoms. The van der Waals surface area contributed by atoms with Gasteiger partial charge >= 0.3 is 0 Å². The van der Waals surface area contributed by atoms with Crippen LogP contribution in [0.25, 0.3) is 11.2 Å². The van der Waals surface area contributed by atoms with Crippen molar-refractivity contribution < 1.29 is 15.0 Å². The number of imidazole rings is 1. The largest absolute Gasteiger partial charge is 0.366 e. The van der Waals surface area contributed by atoms with E-state index < -0.39 is 5.79 Å². The minimum Gasteiger partial charge on any atom is -0.366 e. The number of aromatic nitrogens is 3. The van der Waals surface area contributed by atoms with Crippen LogP contribution >= 0.6 is 23.2 Å². The van der Waals surface area contributed by atoms with Crippen LogP contribution in [0.2, 0.25) is 10.2 Å². The highest BCUT2D eigenvalue weighted by Crippen LogP contribution is 2.37. The van der Waals surface area contributed by atoms with Crippen LogP contribution in [0.5, 0.6) is 0 Å². The summed E-state index contributed by atoms with van der Waals surface area (Å²) < 4.78 is 2.00. The number of carbonyl (C=O) groups excluding carboxylic acids is 1. The summed E-state index contributed by atoms with van der Waals surface area (Å²) in [5.41, 5.74) is 2.13. The van der Waals surface area contributed by atoms with E-state index in [2.05, 4.69) is 9.97 Å². The monoisotopic (exact) mass is 433 g/mol.